The minimum atomic E-state index is -1.49. The van der Waals surface area contributed by atoms with Gasteiger partial charge in [0.2, 0.25) is 0 Å². The van der Waals surface area contributed by atoms with E-state index in [9.17, 15) is 19.8 Å². The molecule has 0 amide bonds. The first-order chi connectivity index (χ1) is 8.32. The van der Waals surface area contributed by atoms with Crippen LogP contribution in [-0.2, 0) is 4.79 Å². The SMILES string of the molecule is Nc1cc(C(O)C(O)CC(=O)O)ccc1C(=O)O. The van der Waals surface area contributed by atoms with Gasteiger partial charge in [-0.25, -0.2) is 4.79 Å². The zero-order valence-corrected chi connectivity index (χ0v) is 9.28. The van der Waals surface area contributed by atoms with Crippen molar-refractivity contribution in [2.75, 3.05) is 5.73 Å². The number of rotatable bonds is 5. The third kappa shape index (κ3) is 3.19. The van der Waals surface area contributed by atoms with Gasteiger partial charge < -0.3 is 26.2 Å². The molecule has 0 aliphatic heterocycles. The van der Waals surface area contributed by atoms with E-state index in [-0.39, 0.29) is 16.8 Å². The molecule has 0 heterocycles. The number of carbonyl (C=O) groups is 2. The second-order valence-electron chi connectivity index (χ2n) is 3.76. The quantitative estimate of drug-likeness (QED) is 0.460. The van der Waals surface area contributed by atoms with Crippen LogP contribution < -0.4 is 5.73 Å². The van der Waals surface area contributed by atoms with Crippen molar-refractivity contribution >= 4 is 17.6 Å². The van der Waals surface area contributed by atoms with Gasteiger partial charge in [-0.3, -0.25) is 4.79 Å². The summed E-state index contributed by atoms with van der Waals surface area (Å²) in [6, 6.07) is 3.65. The Morgan fingerprint density at radius 3 is 2.28 bits per heavy atom. The van der Waals surface area contributed by atoms with Crippen LogP contribution in [0.25, 0.3) is 0 Å². The van der Waals surface area contributed by atoms with E-state index in [1.54, 1.807) is 0 Å². The lowest BCUT2D eigenvalue weighted by Gasteiger charge is -2.17. The van der Waals surface area contributed by atoms with Crippen LogP contribution in [0.1, 0.15) is 28.4 Å². The van der Waals surface area contributed by atoms with Gasteiger partial charge in [-0.2, -0.15) is 0 Å². The molecule has 7 heteroatoms. The van der Waals surface area contributed by atoms with Crippen LogP contribution in [0.15, 0.2) is 18.2 Å². The Morgan fingerprint density at radius 2 is 1.83 bits per heavy atom. The number of aliphatic carboxylic acids is 1. The maximum absolute atomic E-state index is 10.7. The van der Waals surface area contributed by atoms with E-state index >= 15 is 0 Å². The third-order valence-electron chi connectivity index (χ3n) is 2.40. The summed E-state index contributed by atoms with van der Waals surface area (Å²) in [6.07, 6.45) is -3.55. The molecule has 0 aliphatic rings. The fourth-order valence-corrected chi connectivity index (χ4v) is 1.47. The lowest BCUT2D eigenvalue weighted by atomic mass is 10.00. The van der Waals surface area contributed by atoms with Crippen LogP contribution in [0.3, 0.4) is 0 Å². The lowest BCUT2D eigenvalue weighted by molar-refractivity contribution is -0.141. The molecule has 1 rings (SSSR count). The first kappa shape index (κ1) is 13.9. The highest BCUT2D eigenvalue weighted by Gasteiger charge is 2.22. The molecule has 18 heavy (non-hydrogen) atoms. The summed E-state index contributed by atoms with van der Waals surface area (Å²) in [5.41, 5.74) is 5.44. The Balaban J connectivity index is 2.93. The van der Waals surface area contributed by atoms with Crippen molar-refractivity contribution in [2.45, 2.75) is 18.6 Å². The molecule has 0 radical (unpaired) electrons. The van der Waals surface area contributed by atoms with Gasteiger partial charge in [0.1, 0.15) is 6.10 Å². The Labute approximate surface area is 102 Å². The molecule has 0 fully saturated rings. The normalized spacial score (nSPS) is 13.9. The Kier molecular flexibility index (Phi) is 4.24. The lowest BCUT2D eigenvalue weighted by Crippen LogP contribution is -2.22. The van der Waals surface area contributed by atoms with Gasteiger partial charge in [0, 0.05) is 5.69 Å². The molecule has 1 aromatic carbocycles. The zero-order valence-electron chi connectivity index (χ0n) is 9.28. The van der Waals surface area contributed by atoms with Gasteiger partial charge in [0.05, 0.1) is 18.1 Å². The molecule has 2 unspecified atom stereocenters. The van der Waals surface area contributed by atoms with Crippen molar-refractivity contribution in [1.29, 1.82) is 0 Å². The molecule has 6 N–H and O–H groups in total. The minimum Gasteiger partial charge on any atom is -0.481 e. The summed E-state index contributed by atoms with van der Waals surface area (Å²) in [5.74, 6) is -2.46. The summed E-state index contributed by atoms with van der Waals surface area (Å²) in [6.45, 7) is 0. The minimum absolute atomic E-state index is 0.0680. The Hall–Kier alpha value is -2.12. The fourth-order valence-electron chi connectivity index (χ4n) is 1.47. The number of carboxylic acid groups (broad SMARTS) is 2. The molecule has 0 saturated carbocycles. The van der Waals surface area contributed by atoms with Crippen LogP contribution in [0.4, 0.5) is 5.69 Å². The number of nitrogen functional groups attached to an aromatic ring is 1. The summed E-state index contributed by atoms with van der Waals surface area (Å²) in [7, 11) is 0. The zero-order chi connectivity index (χ0) is 13.9. The molecule has 1 aromatic rings. The standard InChI is InChI=1S/C11H13NO6/c12-7-3-5(1-2-6(7)11(17)18)10(16)8(13)4-9(14)15/h1-3,8,10,13,16H,4,12H2,(H,14,15)(H,17,18). The number of benzene rings is 1. The Bertz CT molecular complexity index is 473. The smallest absolute Gasteiger partial charge is 0.337 e. The van der Waals surface area contributed by atoms with Crippen molar-refractivity contribution in [3.63, 3.8) is 0 Å². The molecule has 7 nitrogen and oxygen atoms in total. The van der Waals surface area contributed by atoms with Gasteiger partial charge >= 0.3 is 11.9 Å². The maximum Gasteiger partial charge on any atom is 0.337 e. The number of hydrogen-bond acceptors (Lipinski definition) is 5. The van der Waals surface area contributed by atoms with Crippen LogP contribution in [0, 0.1) is 0 Å². The predicted octanol–water partition coefficient (Wildman–Crippen LogP) is -0.164. The number of aromatic carboxylic acids is 1. The third-order valence-corrected chi connectivity index (χ3v) is 2.40. The van der Waals surface area contributed by atoms with Gasteiger partial charge in [-0.1, -0.05) is 6.07 Å². The molecule has 0 saturated heterocycles. The summed E-state index contributed by atoms with van der Waals surface area (Å²) in [4.78, 5) is 21.1. The van der Waals surface area contributed by atoms with E-state index in [1.165, 1.54) is 18.2 Å². The first-order valence-corrected chi connectivity index (χ1v) is 5.03. The molecule has 98 valence electrons. The molecule has 2 atom stereocenters. The monoisotopic (exact) mass is 255 g/mol. The van der Waals surface area contributed by atoms with Crippen molar-refractivity contribution in [3.8, 4) is 0 Å². The predicted molar refractivity (Wildman–Crippen MR) is 61.0 cm³/mol. The van der Waals surface area contributed by atoms with Gasteiger partial charge in [0.15, 0.2) is 0 Å². The maximum atomic E-state index is 10.7. The fraction of sp³-hybridized carbons (Fsp3) is 0.273. The van der Waals surface area contributed by atoms with Crippen molar-refractivity contribution in [3.05, 3.63) is 29.3 Å². The number of aliphatic hydroxyl groups excluding tert-OH is 2. The Morgan fingerprint density at radius 1 is 1.22 bits per heavy atom. The summed E-state index contributed by atoms with van der Waals surface area (Å²) >= 11 is 0. The number of anilines is 1. The number of nitrogens with two attached hydrogens (primary N) is 1. The van der Waals surface area contributed by atoms with Crippen LogP contribution >= 0.6 is 0 Å². The molecule has 0 aliphatic carbocycles. The van der Waals surface area contributed by atoms with E-state index in [4.69, 9.17) is 15.9 Å². The van der Waals surface area contributed by atoms with E-state index < -0.39 is 30.6 Å². The van der Waals surface area contributed by atoms with Gasteiger partial charge in [-0.15, -0.1) is 0 Å². The molecule has 0 aromatic heterocycles. The number of carboxylic acids is 2. The van der Waals surface area contributed by atoms with Crippen molar-refractivity contribution < 1.29 is 30.0 Å². The molecular weight excluding hydrogens is 242 g/mol. The van der Waals surface area contributed by atoms with E-state index in [0.717, 1.165) is 0 Å². The topological polar surface area (TPSA) is 141 Å². The van der Waals surface area contributed by atoms with Gasteiger partial charge in [-0.05, 0) is 17.7 Å². The van der Waals surface area contributed by atoms with E-state index in [0.29, 0.717) is 0 Å². The molecule has 0 spiro atoms. The van der Waals surface area contributed by atoms with Crippen molar-refractivity contribution in [2.24, 2.45) is 0 Å². The largest absolute Gasteiger partial charge is 0.481 e. The summed E-state index contributed by atoms with van der Waals surface area (Å²) < 4.78 is 0. The van der Waals surface area contributed by atoms with Crippen LogP contribution in [0.5, 0.6) is 0 Å². The van der Waals surface area contributed by atoms with E-state index in [2.05, 4.69) is 0 Å². The van der Waals surface area contributed by atoms with Crippen LogP contribution in [-0.4, -0.2) is 38.5 Å². The highest BCUT2D eigenvalue weighted by molar-refractivity contribution is 5.93. The van der Waals surface area contributed by atoms with Crippen molar-refractivity contribution in [1.82, 2.24) is 0 Å². The van der Waals surface area contributed by atoms with Gasteiger partial charge in [0.25, 0.3) is 0 Å². The average molecular weight is 255 g/mol. The second kappa shape index (κ2) is 5.48. The highest BCUT2D eigenvalue weighted by atomic mass is 16.4. The molecular formula is C11H13NO6. The second-order valence-corrected chi connectivity index (χ2v) is 3.76. The first-order valence-electron chi connectivity index (χ1n) is 5.03. The highest BCUT2D eigenvalue weighted by Crippen LogP contribution is 2.23. The summed E-state index contributed by atoms with van der Waals surface area (Å²) in [5, 5.41) is 36.3. The van der Waals surface area contributed by atoms with E-state index in [1.807, 2.05) is 0 Å². The number of aliphatic hydroxyl groups is 2. The number of hydrogen-bond donors (Lipinski definition) is 5. The molecule has 0 bridgehead atoms. The average Bonchev–Trinajstić information content (AvgIpc) is 2.26. The van der Waals surface area contributed by atoms with Crippen LogP contribution in [0.2, 0.25) is 0 Å².